The van der Waals surface area contributed by atoms with Gasteiger partial charge >= 0.3 is 0 Å². The fourth-order valence-corrected chi connectivity index (χ4v) is 5.20. The topological polar surface area (TPSA) is 59.1 Å². The van der Waals surface area contributed by atoms with Crippen molar-refractivity contribution in [2.24, 2.45) is 0 Å². The van der Waals surface area contributed by atoms with E-state index < -0.39 is 15.2 Å². The number of alkyl halides is 1. The number of nitrogens with zero attached hydrogens (tertiary/aromatic N) is 1. The molecular weight excluding hydrogens is 308 g/mol. The molecule has 21 heavy (non-hydrogen) atoms. The summed E-state index contributed by atoms with van der Waals surface area (Å²) in [5.74, 6) is 0.173. The van der Waals surface area contributed by atoms with Crippen molar-refractivity contribution in [2.75, 3.05) is 0 Å². The molecule has 6 heteroatoms. The largest absolute Gasteiger partial charge is 0.293 e. The van der Waals surface area contributed by atoms with Crippen LogP contribution in [-0.2, 0) is 22.3 Å². The van der Waals surface area contributed by atoms with Gasteiger partial charge in [-0.05, 0) is 35.2 Å². The Balaban J connectivity index is 2.16. The quantitative estimate of drug-likeness (QED) is 0.883. The maximum Gasteiger partial charge on any atom is 0.199 e. The van der Waals surface area contributed by atoms with Crippen molar-refractivity contribution in [1.29, 1.82) is 0 Å². The first-order valence-electron chi connectivity index (χ1n) is 6.60. The summed E-state index contributed by atoms with van der Waals surface area (Å²) in [5.41, 5.74) is 3.05. The van der Waals surface area contributed by atoms with E-state index >= 15 is 0 Å². The van der Waals surface area contributed by atoms with Gasteiger partial charge in [-0.1, -0.05) is 18.2 Å². The number of pyridine rings is 1. The first kappa shape index (κ1) is 14.5. The monoisotopic (exact) mass is 322 g/mol. The summed E-state index contributed by atoms with van der Waals surface area (Å²) < 4.78 is 26.1. The van der Waals surface area contributed by atoms with Gasteiger partial charge in [-0.15, -0.1) is 11.6 Å². The molecule has 2 heterocycles. The highest BCUT2D eigenvalue weighted by molar-refractivity contribution is 7.91. The van der Waals surface area contributed by atoms with E-state index in [1.54, 1.807) is 37.5 Å². The molecule has 1 aromatic heterocycles. The van der Waals surface area contributed by atoms with Gasteiger partial charge in [0.2, 0.25) is 0 Å². The number of rotatable bonds is 3. The van der Waals surface area contributed by atoms with E-state index in [0.717, 1.165) is 16.7 Å². The van der Waals surface area contributed by atoms with E-state index in [-0.39, 0.29) is 5.88 Å². The lowest BCUT2D eigenvalue weighted by Gasteiger charge is -2.17. The molecule has 0 aliphatic carbocycles. The first-order valence-corrected chi connectivity index (χ1v) is 8.68. The Morgan fingerprint density at radius 2 is 2.19 bits per heavy atom. The fraction of sp³-hybridized carbons (Fsp3) is 0.267. The average molecular weight is 323 g/mol. The Morgan fingerprint density at radius 3 is 2.95 bits per heavy atom. The van der Waals surface area contributed by atoms with Gasteiger partial charge in [0, 0.05) is 24.8 Å². The van der Waals surface area contributed by atoms with Crippen LogP contribution in [0.25, 0.3) is 0 Å². The lowest BCUT2D eigenvalue weighted by Crippen LogP contribution is -2.24. The predicted molar refractivity (Wildman–Crippen MR) is 81.7 cm³/mol. The van der Waals surface area contributed by atoms with Gasteiger partial charge in [0.15, 0.2) is 9.84 Å². The standard InChI is InChI=1S/C15H15ClN2O2S/c1-10-3-2-4-11(7-16)14(10)21(19,20)15-13-5-6-17-8-12(13)9-18-15/h2-6,8,15,18H,7,9H2,1H3. The van der Waals surface area contributed by atoms with Crippen LogP contribution >= 0.6 is 11.6 Å². The average Bonchev–Trinajstić information content (AvgIpc) is 2.91. The van der Waals surface area contributed by atoms with Crippen LogP contribution in [0.1, 0.15) is 27.6 Å². The van der Waals surface area contributed by atoms with Crippen molar-refractivity contribution in [3.63, 3.8) is 0 Å². The number of nitrogens with one attached hydrogen (secondary N) is 1. The van der Waals surface area contributed by atoms with Crippen LogP contribution in [0.2, 0.25) is 0 Å². The zero-order valence-corrected chi connectivity index (χ0v) is 13.1. The molecule has 1 unspecified atom stereocenters. The number of hydrogen-bond acceptors (Lipinski definition) is 4. The molecule has 0 spiro atoms. The molecule has 1 aromatic carbocycles. The van der Waals surface area contributed by atoms with Crippen molar-refractivity contribution in [2.45, 2.75) is 29.6 Å². The van der Waals surface area contributed by atoms with Crippen LogP contribution in [0.5, 0.6) is 0 Å². The summed E-state index contributed by atoms with van der Waals surface area (Å²) in [6.07, 6.45) is 3.33. The zero-order chi connectivity index (χ0) is 15.0. The Bertz CT molecular complexity index is 790. The maximum atomic E-state index is 13.1. The molecule has 110 valence electrons. The second kappa shape index (κ2) is 5.40. The highest BCUT2D eigenvalue weighted by Crippen LogP contribution is 2.36. The van der Waals surface area contributed by atoms with Gasteiger partial charge in [0.25, 0.3) is 0 Å². The number of benzene rings is 1. The number of aromatic nitrogens is 1. The molecule has 2 aromatic rings. The van der Waals surface area contributed by atoms with Crippen LogP contribution in [0.3, 0.4) is 0 Å². The Morgan fingerprint density at radius 1 is 1.38 bits per heavy atom. The Hall–Kier alpha value is -1.43. The molecule has 0 bridgehead atoms. The van der Waals surface area contributed by atoms with Crippen molar-refractivity contribution < 1.29 is 8.42 Å². The van der Waals surface area contributed by atoms with Crippen LogP contribution in [0.15, 0.2) is 41.6 Å². The number of fused-ring (bicyclic) bond motifs is 1. The minimum Gasteiger partial charge on any atom is -0.293 e. The molecule has 1 N–H and O–H groups in total. The summed E-state index contributed by atoms with van der Waals surface area (Å²) in [6, 6.07) is 7.14. The number of hydrogen-bond donors (Lipinski definition) is 1. The number of sulfone groups is 1. The van der Waals surface area contributed by atoms with Crippen molar-refractivity contribution in [1.82, 2.24) is 10.3 Å². The van der Waals surface area contributed by atoms with Gasteiger partial charge in [-0.2, -0.15) is 0 Å². The molecule has 0 amide bonds. The van der Waals surface area contributed by atoms with E-state index in [2.05, 4.69) is 10.3 Å². The molecule has 0 saturated carbocycles. The molecule has 0 saturated heterocycles. The molecule has 3 rings (SSSR count). The van der Waals surface area contributed by atoms with E-state index in [1.165, 1.54) is 0 Å². The summed E-state index contributed by atoms with van der Waals surface area (Å²) in [6.45, 7) is 2.31. The fourth-order valence-electron chi connectivity index (χ4n) is 2.77. The first-order chi connectivity index (χ1) is 10.1. The molecule has 4 nitrogen and oxygen atoms in total. The SMILES string of the molecule is Cc1cccc(CCl)c1S(=O)(=O)C1NCc2cnccc21. The summed E-state index contributed by atoms with van der Waals surface area (Å²) in [7, 11) is -3.55. The smallest absolute Gasteiger partial charge is 0.199 e. The lowest BCUT2D eigenvalue weighted by atomic mass is 10.2. The molecule has 1 aliphatic heterocycles. The minimum absolute atomic E-state index is 0.173. The third-order valence-corrected chi connectivity index (χ3v) is 6.22. The van der Waals surface area contributed by atoms with E-state index in [0.29, 0.717) is 17.0 Å². The van der Waals surface area contributed by atoms with Crippen molar-refractivity contribution >= 4 is 21.4 Å². The lowest BCUT2D eigenvalue weighted by molar-refractivity contribution is 0.566. The Kier molecular flexibility index (Phi) is 3.73. The van der Waals surface area contributed by atoms with Crippen LogP contribution in [-0.4, -0.2) is 13.4 Å². The van der Waals surface area contributed by atoms with Gasteiger partial charge in [0.1, 0.15) is 5.37 Å². The van der Waals surface area contributed by atoms with Gasteiger partial charge < -0.3 is 0 Å². The normalized spacial score (nSPS) is 17.7. The number of aryl methyl sites for hydroxylation is 1. The summed E-state index contributed by atoms with van der Waals surface area (Å²) in [5, 5.41) is 2.33. The Labute approximate surface area is 129 Å². The third kappa shape index (κ3) is 2.35. The van der Waals surface area contributed by atoms with Gasteiger partial charge in [-0.25, -0.2) is 8.42 Å². The van der Waals surface area contributed by atoms with Crippen molar-refractivity contribution in [3.05, 3.63) is 58.9 Å². The van der Waals surface area contributed by atoms with E-state index in [9.17, 15) is 8.42 Å². The van der Waals surface area contributed by atoms with E-state index in [1.807, 2.05) is 6.07 Å². The molecule has 1 atom stereocenters. The third-order valence-electron chi connectivity index (χ3n) is 3.73. The zero-order valence-electron chi connectivity index (χ0n) is 11.5. The highest BCUT2D eigenvalue weighted by atomic mass is 35.5. The van der Waals surface area contributed by atoms with Crippen LogP contribution < -0.4 is 5.32 Å². The molecule has 0 fully saturated rings. The van der Waals surface area contributed by atoms with E-state index in [4.69, 9.17) is 11.6 Å². The summed E-state index contributed by atoms with van der Waals surface area (Å²) >= 11 is 5.92. The molecular formula is C15H15ClN2O2S. The summed E-state index contributed by atoms with van der Waals surface area (Å²) in [4.78, 5) is 4.38. The highest BCUT2D eigenvalue weighted by Gasteiger charge is 2.36. The predicted octanol–water partition coefficient (Wildman–Crippen LogP) is 2.70. The van der Waals surface area contributed by atoms with Gasteiger partial charge in [0.05, 0.1) is 4.90 Å². The van der Waals surface area contributed by atoms with Crippen LogP contribution in [0, 0.1) is 6.92 Å². The molecule has 0 radical (unpaired) electrons. The van der Waals surface area contributed by atoms with Crippen LogP contribution in [0.4, 0.5) is 0 Å². The van der Waals surface area contributed by atoms with Gasteiger partial charge in [-0.3, -0.25) is 10.3 Å². The second-order valence-electron chi connectivity index (χ2n) is 5.08. The second-order valence-corrected chi connectivity index (χ2v) is 7.31. The minimum atomic E-state index is -3.55. The number of halogens is 1. The maximum absolute atomic E-state index is 13.1. The molecule has 1 aliphatic rings. The van der Waals surface area contributed by atoms with Crippen molar-refractivity contribution in [3.8, 4) is 0 Å².